The summed E-state index contributed by atoms with van der Waals surface area (Å²) >= 11 is 0. The number of carbonyl (C=O) groups excluding carboxylic acids is 1. The summed E-state index contributed by atoms with van der Waals surface area (Å²) < 4.78 is 27.5. The van der Waals surface area contributed by atoms with Crippen LogP contribution in [-0.2, 0) is 10.7 Å². The second kappa shape index (κ2) is 4.97. The van der Waals surface area contributed by atoms with Gasteiger partial charge in [0.1, 0.15) is 5.69 Å². The minimum atomic E-state index is -3.68. The van der Waals surface area contributed by atoms with Crippen LogP contribution in [0.1, 0.15) is 25.0 Å². The van der Waals surface area contributed by atoms with Gasteiger partial charge < -0.3 is 10.4 Å². The fraction of sp³-hybridized carbons (Fsp3) is 0.500. The predicted molar refractivity (Wildman–Crippen MR) is 59.9 cm³/mol. The molecular formula is C12H14F2N2O2. The molecule has 1 saturated carbocycles. The molecule has 1 fully saturated rings. The van der Waals surface area contributed by atoms with Crippen LogP contribution >= 0.6 is 0 Å². The molecule has 1 aromatic heterocycles. The van der Waals surface area contributed by atoms with Crippen molar-refractivity contribution in [2.24, 2.45) is 0 Å². The van der Waals surface area contributed by atoms with E-state index in [2.05, 4.69) is 10.3 Å². The Hall–Kier alpha value is -1.56. The van der Waals surface area contributed by atoms with Gasteiger partial charge in [0, 0.05) is 6.20 Å². The standard InChI is InChI=1S/C12H14F2N2O2/c13-12(14,10-6-1-2-7-15-10)11(18)16-8-4-3-5-9(8)17/h1-2,6-9,17H,3-5H2,(H,16,18)/t8-,9+/m0/s1. The summed E-state index contributed by atoms with van der Waals surface area (Å²) in [6.07, 6.45) is 2.24. The number of nitrogens with zero attached hydrogens (tertiary/aromatic N) is 1. The third-order valence-corrected chi connectivity index (χ3v) is 3.07. The number of aliphatic hydroxyl groups excluding tert-OH is 1. The zero-order chi connectivity index (χ0) is 13.2. The maximum absolute atomic E-state index is 13.8. The molecule has 2 rings (SSSR count). The van der Waals surface area contributed by atoms with E-state index in [0.29, 0.717) is 12.8 Å². The van der Waals surface area contributed by atoms with Gasteiger partial charge in [-0.1, -0.05) is 6.07 Å². The van der Waals surface area contributed by atoms with Crippen LogP contribution in [0, 0.1) is 0 Å². The van der Waals surface area contributed by atoms with Crippen LogP contribution in [0.15, 0.2) is 24.4 Å². The second-order valence-electron chi connectivity index (χ2n) is 4.37. The Morgan fingerprint density at radius 3 is 2.78 bits per heavy atom. The maximum atomic E-state index is 13.8. The van der Waals surface area contributed by atoms with E-state index in [1.54, 1.807) is 0 Å². The molecule has 1 aromatic rings. The molecule has 1 amide bonds. The van der Waals surface area contributed by atoms with Gasteiger partial charge in [0.2, 0.25) is 0 Å². The summed E-state index contributed by atoms with van der Waals surface area (Å²) in [6.45, 7) is 0. The molecule has 0 aromatic carbocycles. The maximum Gasteiger partial charge on any atom is 0.366 e. The summed E-state index contributed by atoms with van der Waals surface area (Å²) in [4.78, 5) is 15.0. The zero-order valence-corrected chi connectivity index (χ0v) is 9.64. The molecule has 4 nitrogen and oxygen atoms in total. The normalized spacial score (nSPS) is 23.9. The van der Waals surface area contributed by atoms with Gasteiger partial charge in [-0.2, -0.15) is 8.78 Å². The number of hydrogen-bond donors (Lipinski definition) is 2. The smallest absolute Gasteiger partial charge is 0.366 e. The predicted octanol–water partition coefficient (Wildman–Crippen LogP) is 1.20. The number of amides is 1. The first-order chi connectivity index (χ1) is 8.51. The molecule has 6 heteroatoms. The van der Waals surface area contributed by atoms with Crippen molar-refractivity contribution < 1.29 is 18.7 Å². The minimum Gasteiger partial charge on any atom is -0.391 e. The van der Waals surface area contributed by atoms with Gasteiger partial charge in [-0.3, -0.25) is 9.78 Å². The van der Waals surface area contributed by atoms with E-state index >= 15 is 0 Å². The Morgan fingerprint density at radius 1 is 1.44 bits per heavy atom. The first-order valence-electron chi connectivity index (χ1n) is 5.80. The van der Waals surface area contributed by atoms with Crippen molar-refractivity contribution in [1.29, 1.82) is 0 Å². The molecule has 2 N–H and O–H groups in total. The van der Waals surface area contributed by atoms with Crippen LogP contribution in [0.3, 0.4) is 0 Å². The molecule has 0 saturated heterocycles. The number of aliphatic hydroxyl groups is 1. The van der Waals surface area contributed by atoms with E-state index < -0.39 is 29.7 Å². The third-order valence-electron chi connectivity index (χ3n) is 3.07. The summed E-state index contributed by atoms with van der Waals surface area (Å²) in [7, 11) is 0. The van der Waals surface area contributed by atoms with E-state index in [1.807, 2.05) is 0 Å². The first kappa shape index (κ1) is 12.9. The van der Waals surface area contributed by atoms with Crippen molar-refractivity contribution >= 4 is 5.91 Å². The van der Waals surface area contributed by atoms with Crippen LogP contribution < -0.4 is 5.32 Å². The number of hydrogen-bond acceptors (Lipinski definition) is 3. The Balaban J connectivity index is 2.08. The molecule has 98 valence electrons. The third kappa shape index (κ3) is 2.48. The summed E-state index contributed by atoms with van der Waals surface area (Å²) in [5, 5.41) is 11.7. The lowest BCUT2D eigenvalue weighted by Crippen LogP contribution is -2.47. The van der Waals surface area contributed by atoms with Crippen LogP contribution in [0.2, 0.25) is 0 Å². The monoisotopic (exact) mass is 256 g/mol. The minimum absolute atomic E-state index is 0.519. The highest BCUT2D eigenvalue weighted by molar-refractivity contribution is 5.84. The second-order valence-corrected chi connectivity index (χ2v) is 4.37. The van der Waals surface area contributed by atoms with Crippen molar-refractivity contribution in [2.75, 3.05) is 0 Å². The molecule has 1 heterocycles. The van der Waals surface area contributed by atoms with Gasteiger partial charge in [-0.15, -0.1) is 0 Å². The average Bonchev–Trinajstić information content (AvgIpc) is 2.76. The fourth-order valence-electron chi connectivity index (χ4n) is 2.03. The average molecular weight is 256 g/mol. The summed E-state index contributed by atoms with van der Waals surface area (Å²) in [5.74, 6) is -5.09. The van der Waals surface area contributed by atoms with E-state index in [1.165, 1.54) is 18.3 Å². The van der Waals surface area contributed by atoms with E-state index in [9.17, 15) is 18.7 Å². The van der Waals surface area contributed by atoms with Gasteiger partial charge >= 0.3 is 5.92 Å². The molecule has 0 bridgehead atoms. The number of carbonyl (C=O) groups is 1. The van der Waals surface area contributed by atoms with Crippen molar-refractivity contribution in [3.05, 3.63) is 30.1 Å². The number of rotatable bonds is 3. The topological polar surface area (TPSA) is 62.2 Å². The number of halogens is 2. The summed E-state index contributed by atoms with van der Waals surface area (Å²) in [5.41, 5.74) is -0.588. The lowest BCUT2D eigenvalue weighted by atomic mass is 10.1. The van der Waals surface area contributed by atoms with Gasteiger partial charge in [0.05, 0.1) is 12.1 Å². The van der Waals surface area contributed by atoms with Crippen molar-refractivity contribution in [2.45, 2.75) is 37.3 Å². The lowest BCUT2D eigenvalue weighted by molar-refractivity contribution is -0.149. The van der Waals surface area contributed by atoms with Gasteiger partial charge in [-0.05, 0) is 31.4 Å². The van der Waals surface area contributed by atoms with Crippen molar-refractivity contribution in [1.82, 2.24) is 10.3 Å². The number of aromatic nitrogens is 1. The van der Waals surface area contributed by atoms with Gasteiger partial charge in [0.15, 0.2) is 0 Å². The van der Waals surface area contributed by atoms with Crippen LogP contribution in [-0.4, -0.2) is 28.1 Å². The van der Waals surface area contributed by atoms with Crippen LogP contribution in [0.5, 0.6) is 0 Å². The molecule has 0 spiro atoms. The Bertz CT molecular complexity index is 425. The van der Waals surface area contributed by atoms with E-state index in [0.717, 1.165) is 12.5 Å². The Labute approximate surface area is 103 Å². The molecule has 1 aliphatic rings. The van der Waals surface area contributed by atoms with Gasteiger partial charge in [0.25, 0.3) is 5.91 Å². The van der Waals surface area contributed by atoms with E-state index in [4.69, 9.17) is 0 Å². The number of alkyl halides is 2. The largest absolute Gasteiger partial charge is 0.391 e. The Morgan fingerprint density at radius 2 is 2.22 bits per heavy atom. The highest BCUT2D eigenvalue weighted by atomic mass is 19.3. The fourth-order valence-corrected chi connectivity index (χ4v) is 2.03. The molecule has 1 aliphatic carbocycles. The summed E-state index contributed by atoms with van der Waals surface area (Å²) in [6, 6.07) is 3.41. The number of pyridine rings is 1. The van der Waals surface area contributed by atoms with Crippen molar-refractivity contribution in [3.63, 3.8) is 0 Å². The van der Waals surface area contributed by atoms with Crippen LogP contribution in [0.25, 0.3) is 0 Å². The van der Waals surface area contributed by atoms with E-state index in [-0.39, 0.29) is 0 Å². The quantitative estimate of drug-likeness (QED) is 0.854. The molecule has 0 aliphatic heterocycles. The van der Waals surface area contributed by atoms with Crippen molar-refractivity contribution in [3.8, 4) is 0 Å². The molecular weight excluding hydrogens is 242 g/mol. The Kier molecular flexibility index (Phi) is 3.56. The number of nitrogens with one attached hydrogen (secondary N) is 1. The molecule has 2 atom stereocenters. The highest BCUT2D eigenvalue weighted by Crippen LogP contribution is 2.27. The molecule has 18 heavy (non-hydrogen) atoms. The zero-order valence-electron chi connectivity index (χ0n) is 9.64. The lowest BCUT2D eigenvalue weighted by Gasteiger charge is -2.20. The SMILES string of the molecule is O=C(N[C@H]1CCC[C@H]1O)C(F)(F)c1ccccn1. The molecule has 0 radical (unpaired) electrons. The first-order valence-corrected chi connectivity index (χ1v) is 5.80. The molecule has 0 unspecified atom stereocenters. The highest BCUT2D eigenvalue weighted by Gasteiger charge is 2.44. The van der Waals surface area contributed by atoms with Gasteiger partial charge in [-0.25, -0.2) is 0 Å². The van der Waals surface area contributed by atoms with Crippen LogP contribution in [0.4, 0.5) is 8.78 Å².